The van der Waals surface area contributed by atoms with Gasteiger partial charge >= 0.3 is 0 Å². The summed E-state index contributed by atoms with van der Waals surface area (Å²) in [4.78, 5) is 4.52. The minimum atomic E-state index is -0.0138. The zero-order valence-corrected chi connectivity index (χ0v) is 14.7. The number of hydrogen-bond donors (Lipinski definition) is 2. The number of aliphatic imine (C=N–C) groups is 1. The molecule has 2 heterocycles. The van der Waals surface area contributed by atoms with E-state index in [0.29, 0.717) is 6.54 Å². The molecule has 0 amide bonds. The lowest BCUT2D eigenvalue weighted by molar-refractivity contribution is 0.642. The van der Waals surface area contributed by atoms with Crippen molar-refractivity contribution in [2.45, 2.75) is 13.0 Å². The van der Waals surface area contributed by atoms with E-state index in [-0.39, 0.29) is 6.04 Å². The van der Waals surface area contributed by atoms with Crippen molar-refractivity contribution in [1.82, 2.24) is 10.6 Å². The molecule has 122 valence electrons. The number of nitrogens with one attached hydrogen (secondary N) is 2. The van der Waals surface area contributed by atoms with E-state index in [1.807, 2.05) is 37.3 Å². The first-order valence-electron chi connectivity index (χ1n) is 7.91. The fourth-order valence-corrected chi connectivity index (χ4v) is 3.75. The quantitative estimate of drug-likeness (QED) is 0.792. The summed E-state index contributed by atoms with van der Waals surface area (Å²) in [6, 6.07) is 14.0. The number of hydrogen-bond acceptors (Lipinski definition) is 3. The van der Waals surface area contributed by atoms with Gasteiger partial charge in [-0.15, -0.1) is 0 Å². The van der Waals surface area contributed by atoms with Gasteiger partial charge < -0.3 is 10.6 Å². The van der Waals surface area contributed by atoms with Crippen molar-refractivity contribution in [3.63, 3.8) is 0 Å². The van der Waals surface area contributed by atoms with Crippen molar-refractivity contribution in [3.8, 4) is 0 Å². The second-order valence-corrected chi connectivity index (χ2v) is 6.92. The molecule has 5 heteroatoms. The predicted octanol–water partition coefficient (Wildman–Crippen LogP) is 4.42. The Morgan fingerprint density at radius 2 is 1.92 bits per heavy atom. The highest BCUT2D eigenvalue weighted by Gasteiger charge is 2.27. The van der Waals surface area contributed by atoms with Crippen LogP contribution < -0.4 is 10.6 Å². The lowest BCUT2D eigenvalue weighted by Gasteiger charge is -2.22. The summed E-state index contributed by atoms with van der Waals surface area (Å²) in [7, 11) is 0. The highest BCUT2D eigenvalue weighted by molar-refractivity contribution is 6.31. The molecule has 2 aliphatic rings. The first-order valence-corrected chi connectivity index (χ1v) is 8.67. The highest BCUT2D eigenvalue weighted by atomic mass is 35.5. The molecule has 0 aliphatic carbocycles. The molecule has 4 rings (SSSR count). The second-order valence-electron chi connectivity index (χ2n) is 6.07. The Balaban J connectivity index is 1.88. The zero-order valence-electron chi connectivity index (χ0n) is 13.2. The van der Waals surface area contributed by atoms with Gasteiger partial charge in [-0.3, -0.25) is 4.99 Å². The van der Waals surface area contributed by atoms with Gasteiger partial charge in [-0.05, 0) is 41.8 Å². The van der Waals surface area contributed by atoms with E-state index in [0.717, 1.165) is 44.8 Å². The molecule has 0 saturated heterocycles. The summed E-state index contributed by atoms with van der Waals surface area (Å²) < 4.78 is 0. The van der Waals surface area contributed by atoms with Crippen LogP contribution in [0.5, 0.6) is 0 Å². The van der Waals surface area contributed by atoms with Crippen LogP contribution in [0.1, 0.15) is 29.7 Å². The molecule has 2 aromatic rings. The van der Waals surface area contributed by atoms with E-state index in [1.54, 1.807) is 0 Å². The number of amidine groups is 1. The molecule has 0 saturated carbocycles. The van der Waals surface area contributed by atoms with Crippen molar-refractivity contribution < 1.29 is 0 Å². The van der Waals surface area contributed by atoms with Gasteiger partial charge in [0.2, 0.25) is 0 Å². The summed E-state index contributed by atoms with van der Waals surface area (Å²) in [6.07, 6.45) is 0. The van der Waals surface area contributed by atoms with Gasteiger partial charge in [0.05, 0.1) is 18.4 Å². The summed E-state index contributed by atoms with van der Waals surface area (Å²) in [5.41, 5.74) is 5.72. The van der Waals surface area contributed by atoms with Crippen molar-refractivity contribution in [3.05, 3.63) is 74.8 Å². The molecule has 1 atom stereocenters. The molecule has 0 radical (unpaired) electrons. The zero-order chi connectivity index (χ0) is 16.7. The fraction of sp³-hybridized carbons (Fsp3) is 0.211. The van der Waals surface area contributed by atoms with Crippen LogP contribution in [-0.2, 0) is 0 Å². The Hall–Kier alpha value is -1.81. The molecule has 1 unspecified atom stereocenters. The van der Waals surface area contributed by atoms with Crippen molar-refractivity contribution in [2.75, 3.05) is 13.1 Å². The van der Waals surface area contributed by atoms with Crippen LogP contribution >= 0.6 is 23.2 Å². The maximum Gasteiger partial charge on any atom is 0.0979 e. The Kier molecular flexibility index (Phi) is 4.09. The maximum atomic E-state index is 6.47. The molecule has 3 nitrogen and oxygen atoms in total. The highest BCUT2D eigenvalue weighted by Crippen LogP contribution is 2.37. The van der Waals surface area contributed by atoms with Crippen molar-refractivity contribution in [1.29, 1.82) is 0 Å². The maximum absolute atomic E-state index is 6.47. The van der Waals surface area contributed by atoms with Gasteiger partial charge in [0.15, 0.2) is 0 Å². The monoisotopic (exact) mass is 357 g/mol. The summed E-state index contributed by atoms with van der Waals surface area (Å²) in [5.74, 6) is 0.936. The van der Waals surface area contributed by atoms with Crippen LogP contribution in [0.4, 0.5) is 0 Å². The Bertz CT molecular complexity index is 871. The van der Waals surface area contributed by atoms with Crippen LogP contribution in [0.15, 0.2) is 53.0 Å². The summed E-state index contributed by atoms with van der Waals surface area (Å²) in [5, 5.41) is 8.53. The number of fused-ring (bicyclic) bond motifs is 2. The minimum absolute atomic E-state index is 0.0138. The molecule has 0 fully saturated rings. The van der Waals surface area contributed by atoms with Gasteiger partial charge in [0, 0.05) is 27.9 Å². The Labute approximate surface area is 151 Å². The van der Waals surface area contributed by atoms with Gasteiger partial charge in [-0.2, -0.15) is 0 Å². The third kappa shape index (κ3) is 2.73. The average Bonchev–Trinajstić information content (AvgIpc) is 2.72. The van der Waals surface area contributed by atoms with Crippen LogP contribution in [-0.4, -0.2) is 18.9 Å². The molecule has 0 bridgehead atoms. The molecular formula is C19H17Cl2N3. The minimum Gasteiger partial charge on any atom is -0.344 e. The SMILES string of the molecule is CC1=NCC2=C(N1)c1ccc(Cl)cc1C(c1ccccc1Cl)NC2. The molecule has 0 spiro atoms. The van der Waals surface area contributed by atoms with E-state index in [1.165, 1.54) is 5.57 Å². The topological polar surface area (TPSA) is 36.4 Å². The van der Waals surface area contributed by atoms with Crippen LogP contribution in [0.25, 0.3) is 5.70 Å². The van der Waals surface area contributed by atoms with Crippen LogP contribution in [0, 0.1) is 0 Å². The Morgan fingerprint density at radius 3 is 2.75 bits per heavy atom. The van der Waals surface area contributed by atoms with E-state index < -0.39 is 0 Å². The van der Waals surface area contributed by atoms with Gasteiger partial charge in [0.1, 0.15) is 0 Å². The standard InChI is InChI=1S/C19H17Cl2N3/c1-11-22-9-12-10-23-19(15-4-2-3-5-17(15)21)16-8-13(20)6-7-14(16)18(12)24-11/h2-8,19,23H,9-10H2,1H3,(H,22,24). The van der Waals surface area contributed by atoms with Crippen molar-refractivity contribution in [2.24, 2.45) is 4.99 Å². The molecule has 0 aromatic heterocycles. The third-order valence-corrected chi connectivity index (χ3v) is 5.08. The van der Waals surface area contributed by atoms with E-state index in [2.05, 4.69) is 27.8 Å². The average molecular weight is 358 g/mol. The molecule has 24 heavy (non-hydrogen) atoms. The molecular weight excluding hydrogens is 341 g/mol. The van der Waals surface area contributed by atoms with E-state index in [4.69, 9.17) is 23.2 Å². The van der Waals surface area contributed by atoms with E-state index in [9.17, 15) is 0 Å². The van der Waals surface area contributed by atoms with Crippen LogP contribution in [0.2, 0.25) is 10.0 Å². The number of nitrogens with zero attached hydrogens (tertiary/aromatic N) is 1. The summed E-state index contributed by atoms with van der Waals surface area (Å²) >= 11 is 12.8. The number of halogens is 2. The smallest absolute Gasteiger partial charge is 0.0979 e. The Morgan fingerprint density at radius 1 is 1.08 bits per heavy atom. The van der Waals surface area contributed by atoms with Gasteiger partial charge in [-0.25, -0.2) is 0 Å². The largest absolute Gasteiger partial charge is 0.344 e. The molecule has 2 aliphatic heterocycles. The predicted molar refractivity (Wildman–Crippen MR) is 101 cm³/mol. The van der Waals surface area contributed by atoms with Gasteiger partial charge in [-0.1, -0.05) is 47.5 Å². The normalized spacial score (nSPS) is 19.8. The lowest BCUT2D eigenvalue weighted by Crippen LogP contribution is -2.28. The second kappa shape index (κ2) is 6.25. The lowest BCUT2D eigenvalue weighted by atomic mass is 9.93. The first kappa shape index (κ1) is 15.7. The molecule has 2 N–H and O–H groups in total. The third-order valence-electron chi connectivity index (χ3n) is 4.50. The van der Waals surface area contributed by atoms with E-state index >= 15 is 0 Å². The van der Waals surface area contributed by atoms with Gasteiger partial charge in [0.25, 0.3) is 0 Å². The molecule has 2 aromatic carbocycles. The van der Waals surface area contributed by atoms with Crippen molar-refractivity contribution >= 4 is 34.7 Å². The number of rotatable bonds is 1. The summed E-state index contributed by atoms with van der Waals surface area (Å²) in [6.45, 7) is 3.45. The van der Waals surface area contributed by atoms with Crippen LogP contribution in [0.3, 0.4) is 0 Å². The first-order chi connectivity index (χ1) is 11.6. The fourth-order valence-electron chi connectivity index (χ4n) is 3.33. The number of benzene rings is 2.